The molecular weight excluding hydrogens is 428 g/mol. The van der Waals surface area contributed by atoms with Gasteiger partial charge < -0.3 is 20.4 Å². The second-order valence-corrected chi connectivity index (χ2v) is 7.77. The lowest BCUT2D eigenvalue weighted by Crippen LogP contribution is -2.40. The molecule has 34 heavy (non-hydrogen) atoms. The van der Waals surface area contributed by atoms with Crippen LogP contribution in [0.1, 0.15) is 40.9 Å². The lowest BCUT2D eigenvalue weighted by Gasteiger charge is -2.22. The molecule has 2 N–H and O–H groups in total. The number of carbonyl (C=O) groups is 2. The average molecular weight is 459 g/mol. The molecule has 0 saturated carbocycles. The summed E-state index contributed by atoms with van der Waals surface area (Å²) in [6, 6.07) is 16.5. The van der Waals surface area contributed by atoms with E-state index in [-0.39, 0.29) is 23.7 Å². The Bertz CT molecular complexity index is 1140. The summed E-state index contributed by atoms with van der Waals surface area (Å²) in [7, 11) is 1.52. The number of nitrogens with one attached hydrogen (secondary N) is 2. The van der Waals surface area contributed by atoms with E-state index in [0.717, 1.165) is 17.7 Å². The van der Waals surface area contributed by atoms with Crippen molar-refractivity contribution in [2.45, 2.75) is 26.7 Å². The summed E-state index contributed by atoms with van der Waals surface area (Å²) in [5.41, 5.74) is 3.91. The van der Waals surface area contributed by atoms with E-state index in [4.69, 9.17) is 10.1 Å². The fraction of sp³-hybridized carbons (Fsp3) is 0.259. The number of amides is 2. The summed E-state index contributed by atoms with van der Waals surface area (Å²) >= 11 is 0. The first-order chi connectivity index (χ1) is 16.5. The highest BCUT2D eigenvalue weighted by molar-refractivity contribution is 6.10. The van der Waals surface area contributed by atoms with Crippen LogP contribution >= 0.6 is 0 Å². The normalized spacial score (nSPS) is 10.4. The summed E-state index contributed by atoms with van der Waals surface area (Å²) < 4.78 is 5.28. The van der Waals surface area contributed by atoms with Crippen molar-refractivity contribution in [1.29, 1.82) is 5.41 Å². The van der Waals surface area contributed by atoms with E-state index in [1.807, 2.05) is 43.3 Å². The first-order valence-corrected chi connectivity index (χ1v) is 11.3. The maximum atomic E-state index is 13.1. The number of ether oxygens (including phenoxy) is 1. The molecule has 7 heteroatoms. The SMILES string of the molecule is CCc1ccc(N(CC)C(=O)CNC(=O)c2cc(OC)ccc2C(=N)Cc2cccnc2)cc1. The largest absolute Gasteiger partial charge is 0.497 e. The molecular formula is C27H30N4O3. The number of carbonyl (C=O) groups excluding carboxylic acids is 2. The zero-order valence-corrected chi connectivity index (χ0v) is 19.8. The molecule has 3 aromatic rings. The van der Waals surface area contributed by atoms with Gasteiger partial charge in [0.15, 0.2) is 0 Å². The van der Waals surface area contributed by atoms with E-state index in [0.29, 0.717) is 24.3 Å². The van der Waals surface area contributed by atoms with Crippen LogP contribution in [0, 0.1) is 5.41 Å². The minimum Gasteiger partial charge on any atom is -0.497 e. The number of benzene rings is 2. The van der Waals surface area contributed by atoms with Crippen molar-refractivity contribution in [3.05, 3.63) is 89.2 Å². The van der Waals surface area contributed by atoms with Gasteiger partial charge in [0, 0.05) is 42.3 Å². The van der Waals surface area contributed by atoms with Gasteiger partial charge in [0.25, 0.3) is 5.91 Å². The first-order valence-electron chi connectivity index (χ1n) is 11.3. The molecule has 0 unspecified atom stereocenters. The van der Waals surface area contributed by atoms with Gasteiger partial charge in [0.1, 0.15) is 5.75 Å². The number of anilines is 1. The number of rotatable bonds is 10. The Morgan fingerprint density at radius 3 is 2.41 bits per heavy atom. The van der Waals surface area contributed by atoms with Gasteiger partial charge in [-0.1, -0.05) is 25.1 Å². The van der Waals surface area contributed by atoms with Crippen LogP contribution < -0.4 is 15.0 Å². The van der Waals surface area contributed by atoms with Gasteiger partial charge in [0.2, 0.25) is 5.91 Å². The fourth-order valence-corrected chi connectivity index (χ4v) is 3.66. The average Bonchev–Trinajstić information content (AvgIpc) is 2.88. The molecule has 0 aliphatic heterocycles. The number of likely N-dealkylation sites (N-methyl/N-ethyl adjacent to an activating group) is 1. The number of pyridine rings is 1. The third-order valence-corrected chi connectivity index (χ3v) is 5.57. The van der Waals surface area contributed by atoms with Crippen LogP contribution in [0.2, 0.25) is 0 Å². The second-order valence-electron chi connectivity index (χ2n) is 7.77. The van der Waals surface area contributed by atoms with E-state index in [1.54, 1.807) is 35.5 Å². The summed E-state index contributed by atoms with van der Waals surface area (Å²) in [6.45, 7) is 4.30. The molecule has 0 radical (unpaired) electrons. The maximum absolute atomic E-state index is 13.1. The van der Waals surface area contributed by atoms with E-state index >= 15 is 0 Å². The summed E-state index contributed by atoms with van der Waals surface area (Å²) in [4.78, 5) is 31.7. The molecule has 2 amide bonds. The van der Waals surface area contributed by atoms with Gasteiger partial charge >= 0.3 is 0 Å². The molecule has 1 aromatic heterocycles. The van der Waals surface area contributed by atoms with E-state index in [1.165, 1.54) is 12.7 Å². The molecule has 3 rings (SSSR count). The molecule has 0 atom stereocenters. The topological polar surface area (TPSA) is 95.4 Å². The van der Waals surface area contributed by atoms with Crippen LogP contribution in [0.25, 0.3) is 0 Å². The minimum absolute atomic E-state index is 0.158. The number of aryl methyl sites for hydroxylation is 1. The zero-order valence-electron chi connectivity index (χ0n) is 19.8. The van der Waals surface area contributed by atoms with E-state index in [9.17, 15) is 9.59 Å². The molecule has 0 spiro atoms. The number of methoxy groups -OCH3 is 1. The maximum Gasteiger partial charge on any atom is 0.252 e. The van der Waals surface area contributed by atoms with Crippen molar-refractivity contribution in [2.75, 3.05) is 25.1 Å². The quantitative estimate of drug-likeness (QED) is 0.448. The lowest BCUT2D eigenvalue weighted by molar-refractivity contribution is -0.117. The third kappa shape index (κ3) is 6.07. The van der Waals surface area contributed by atoms with E-state index < -0.39 is 5.91 Å². The summed E-state index contributed by atoms with van der Waals surface area (Å²) in [5, 5.41) is 11.3. The standard InChI is InChI=1S/C27H30N4O3/c1-4-19-8-10-21(11-9-19)31(5-2)26(32)18-30-27(33)24-16-22(34-3)12-13-23(24)25(28)15-20-7-6-14-29-17-20/h6-14,16-17,28H,4-5,15,18H2,1-3H3,(H,30,33). The van der Waals surface area contributed by atoms with Crippen molar-refractivity contribution < 1.29 is 14.3 Å². The first kappa shape index (κ1) is 24.6. The molecule has 0 aliphatic carbocycles. The van der Waals surface area contributed by atoms with Gasteiger partial charge in [-0.2, -0.15) is 0 Å². The molecule has 176 valence electrons. The number of nitrogens with zero attached hydrogens (tertiary/aromatic N) is 2. The van der Waals surface area contributed by atoms with Crippen LogP contribution in [-0.2, 0) is 17.6 Å². The highest BCUT2D eigenvalue weighted by Gasteiger charge is 2.19. The van der Waals surface area contributed by atoms with Crippen LogP contribution in [0.5, 0.6) is 5.75 Å². The predicted molar refractivity (Wildman–Crippen MR) is 134 cm³/mol. The van der Waals surface area contributed by atoms with Crippen LogP contribution in [0.4, 0.5) is 5.69 Å². The van der Waals surface area contributed by atoms with E-state index in [2.05, 4.69) is 17.2 Å². The molecule has 0 saturated heterocycles. The lowest BCUT2D eigenvalue weighted by atomic mass is 9.97. The Morgan fingerprint density at radius 1 is 1.03 bits per heavy atom. The summed E-state index contributed by atoms with van der Waals surface area (Å²) in [6.07, 6.45) is 4.63. The Labute approximate surface area is 200 Å². The molecule has 0 bridgehead atoms. The van der Waals surface area contributed by atoms with Crippen LogP contribution in [-0.4, -0.2) is 42.7 Å². The predicted octanol–water partition coefficient (Wildman–Crippen LogP) is 4.05. The molecule has 0 aliphatic rings. The van der Waals surface area contributed by atoms with Crippen molar-refractivity contribution in [3.63, 3.8) is 0 Å². The highest BCUT2D eigenvalue weighted by Crippen LogP contribution is 2.20. The minimum atomic E-state index is -0.435. The number of hydrogen-bond acceptors (Lipinski definition) is 5. The zero-order chi connectivity index (χ0) is 24.5. The van der Waals surface area contributed by atoms with Gasteiger partial charge in [-0.05, 0) is 60.9 Å². The van der Waals surface area contributed by atoms with Gasteiger partial charge in [-0.25, -0.2) is 0 Å². The number of aromatic nitrogens is 1. The molecule has 2 aromatic carbocycles. The second kappa shape index (κ2) is 11.7. The molecule has 1 heterocycles. The van der Waals surface area contributed by atoms with Gasteiger partial charge in [-0.15, -0.1) is 0 Å². The highest BCUT2D eigenvalue weighted by atomic mass is 16.5. The Hall–Kier alpha value is -4.00. The monoisotopic (exact) mass is 458 g/mol. The fourth-order valence-electron chi connectivity index (χ4n) is 3.66. The number of hydrogen-bond donors (Lipinski definition) is 2. The molecule has 0 fully saturated rings. The van der Waals surface area contributed by atoms with Crippen molar-refractivity contribution in [2.24, 2.45) is 0 Å². The summed E-state index contributed by atoms with van der Waals surface area (Å²) in [5.74, 6) is -0.147. The Kier molecular flexibility index (Phi) is 8.51. The molecule has 7 nitrogen and oxygen atoms in total. The Morgan fingerprint density at radius 2 is 1.79 bits per heavy atom. The van der Waals surface area contributed by atoms with Gasteiger partial charge in [0.05, 0.1) is 19.2 Å². The third-order valence-electron chi connectivity index (χ3n) is 5.57. The smallest absolute Gasteiger partial charge is 0.252 e. The van der Waals surface area contributed by atoms with Crippen molar-refractivity contribution in [3.8, 4) is 5.75 Å². The van der Waals surface area contributed by atoms with Crippen LogP contribution in [0.3, 0.4) is 0 Å². The Balaban J connectivity index is 1.74. The van der Waals surface area contributed by atoms with Gasteiger partial charge in [-0.3, -0.25) is 14.6 Å². The van der Waals surface area contributed by atoms with Crippen molar-refractivity contribution >= 4 is 23.2 Å². The van der Waals surface area contributed by atoms with Crippen molar-refractivity contribution in [1.82, 2.24) is 10.3 Å². The van der Waals surface area contributed by atoms with Crippen LogP contribution in [0.15, 0.2) is 67.0 Å².